The van der Waals surface area contributed by atoms with Crippen LogP contribution in [-0.2, 0) is 4.79 Å². The van der Waals surface area contributed by atoms with E-state index in [1.165, 1.54) is 0 Å². The maximum Gasteiger partial charge on any atom is 0.254 e. The van der Waals surface area contributed by atoms with Crippen LogP contribution < -0.4 is 4.90 Å². The predicted octanol–water partition coefficient (Wildman–Crippen LogP) is 4.47. The lowest BCUT2D eigenvalue weighted by Crippen LogP contribution is -2.44. The molecule has 0 radical (unpaired) electrons. The number of nitrogens with zero attached hydrogens (tertiary/aromatic N) is 5. The molecule has 1 saturated heterocycles. The van der Waals surface area contributed by atoms with Gasteiger partial charge in [0.05, 0.1) is 10.7 Å². The van der Waals surface area contributed by atoms with E-state index in [0.29, 0.717) is 36.8 Å². The van der Waals surface area contributed by atoms with Crippen LogP contribution in [0.2, 0.25) is 5.02 Å². The van der Waals surface area contributed by atoms with E-state index in [1.54, 1.807) is 23.1 Å². The number of anilines is 1. The van der Waals surface area contributed by atoms with E-state index < -0.39 is 0 Å². The highest BCUT2D eigenvalue weighted by molar-refractivity contribution is 6.33. The molecule has 1 aromatic heterocycles. The van der Waals surface area contributed by atoms with Crippen molar-refractivity contribution in [3.8, 4) is 11.3 Å². The molecule has 2 amide bonds. The van der Waals surface area contributed by atoms with Gasteiger partial charge in [-0.1, -0.05) is 53.6 Å². The van der Waals surface area contributed by atoms with Crippen molar-refractivity contribution in [1.82, 2.24) is 20.0 Å². The molecule has 1 aliphatic heterocycles. The minimum Gasteiger partial charge on any atom is -0.353 e. The van der Waals surface area contributed by atoms with E-state index in [0.717, 1.165) is 35.6 Å². The van der Waals surface area contributed by atoms with Crippen molar-refractivity contribution in [3.05, 3.63) is 89.5 Å². The lowest BCUT2D eigenvalue weighted by Gasteiger charge is -2.26. The van der Waals surface area contributed by atoms with Crippen LogP contribution in [0, 0.1) is 6.92 Å². The monoisotopic (exact) mass is 503 g/mol. The van der Waals surface area contributed by atoms with Crippen molar-refractivity contribution in [2.24, 2.45) is 0 Å². The van der Waals surface area contributed by atoms with Crippen molar-refractivity contribution >= 4 is 29.2 Å². The molecule has 186 valence electrons. The molecule has 3 aromatic rings. The summed E-state index contributed by atoms with van der Waals surface area (Å²) in [5.74, 6) is 0.524. The lowest BCUT2D eigenvalue weighted by atomic mass is 10.1. The number of carbonyl (C=O) groups is 2. The maximum absolute atomic E-state index is 13.1. The summed E-state index contributed by atoms with van der Waals surface area (Å²) in [6.45, 7) is 8.64. The lowest BCUT2D eigenvalue weighted by molar-refractivity contribution is -0.131. The summed E-state index contributed by atoms with van der Waals surface area (Å²) in [5.41, 5.74) is 3.21. The highest BCUT2D eigenvalue weighted by Gasteiger charge is 2.24. The molecule has 36 heavy (non-hydrogen) atoms. The Balaban J connectivity index is 1.38. The predicted molar refractivity (Wildman–Crippen MR) is 143 cm³/mol. The van der Waals surface area contributed by atoms with Gasteiger partial charge in [-0.3, -0.25) is 9.59 Å². The Labute approximate surface area is 217 Å². The topological polar surface area (TPSA) is 69.6 Å². The zero-order valence-electron chi connectivity index (χ0n) is 20.4. The maximum atomic E-state index is 13.1. The van der Waals surface area contributed by atoms with Crippen LogP contribution in [0.1, 0.15) is 22.3 Å². The largest absolute Gasteiger partial charge is 0.353 e. The van der Waals surface area contributed by atoms with Gasteiger partial charge in [-0.05, 0) is 43.7 Å². The summed E-state index contributed by atoms with van der Waals surface area (Å²) in [6.07, 6.45) is 2.45. The van der Waals surface area contributed by atoms with Crippen molar-refractivity contribution in [2.75, 3.05) is 44.2 Å². The van der Waals surface area contributed by atoms with Gasteiger partial charge in [0.25, 0.3) is 5.91 Å². The Morgan fingerprint density at radius 2 is 1.78 bits per heavy atom. The second kappa shape index (κ2) is 11.8. The summed E-state index contributed by atoms with van der Waals surface area (Å²) in [6, 6.07) is 18.8. The zero-order valence-corrected chi connectivity index (χ0v) is 21.2. The van der Waals surface area contributed by atoms with Crippen LogP contribution in [0.25, 0.3) is 11.3 Å². The molecule has 8 heteroatoms. The minimum atomic E-state index is -0.173. The molecule has 2 heterocycles. The van der Waals surface area contributed by atoms with Crippen LogP contribution in [0.15, 0.2) is 73.3 Å². The molecule has 1 fully saturated rings. The third-order valence-corrected chi connectivity index (χ3v) is 6.56. The van der Waals surface area contributed by atoms with Crippen molar-refractivity contribution in [1.29, 1.82) is 0 Å². The van der Waals surface area contributed by atoms with Gasteiger partial charge in [-0.15, -0.1) is 16.8 Å². The van der Waals surface area contributed by atoms with Crippen LogP contribution in [0.5, 0.6) is 0 Å². The molecule has 0 saturated carbocycles. The molecule has 0 bridgehead atoms. The third kappa shape index (κ3) is 6.10. The molecular weight excluding hydrogens is 474 g/mol. The quantitative estimate of drug-likeness (QED) is 0.445. The fourth-order valence-electron chi connectivity index (χ4n) is 4.22. The standard InChI is InChI=1S/C28H30ClN5O2/c1-3-15-34(28(36)22-11-9-21(2)10-12-22)20-27(35)33-17-6-16-32(18-19-33)26-14-13-25(30-31-26)23-7-4-5-8-24(23)29/h3-5,7-14H,1,6,15-20H2,2H3. The van der Waals surface area contributed by atoms with E-state index in [4.69, 9.17) is 11.6 Å². The molecule has 0 unspecified atom stereocenters. The van der Waals surface area contributed by atoms with Crippen LogP contribution in [-0.4, -0.2) is 71.1 Å². The number of rotatable bonds is 7. The fraction of sp³-hybridized carbons (Fsp3) is 0.286. The number of carbonyl (C=O) groups excluding carboxylic acids is 2. The molecule has 0 spiro atoms. The van der Waals surface area contributed by atoms with Crippen LogP contribution in [0.4, 0.5) is 5.82 Å². The number of hydrogen-bond acceptors (Lipinski definition) is 5. The van der Waals surface area contributed by atoms with Gasteiger partial charge < -0.3 is 14.7 Å². The Kier molecular flexibility index (Phi) is 8.33. The summed E-state index contributed by atoms with van der Waals surface area (Å²) in [5, 5.41) is 9.42. The number of halogens is 1. The van der Waals surface area contributed by atoms with Gasteiger partial charge in [-0.25, -0.2) is 0 Å². The molecule has 0 aliphatic carbocycles. The molecule has 0 atom stereocenters. The van der Waals surface area contributed by atoms with E-state index in [1.807, 2.05) is 60.4 Å². The average molecular weight is 504 g/mol. The van der Waals surface area contributed by atoms with Gasteiger partial charge in [0.2, 0.25) is 5.91 Å². The molecule has 4 rings (SSSR count). The van der Waals surface area contributed by atoms with Crippen LogP contribution >= 0.6 is 11.6 Å². The second-order valence-corrected chi connectivity index (χ2v) is 9.23. The van der Waals surface area contributed by atoms with Crippen molar-refractivity contribution in [2.45, 2.75) is 13.3 Å². The van der Waals surface area contributed by atoms with E-state index in [-0.39, 0.29) is 18.4 Å². The summed E-state index contributed by atoms with van der Waals surface area (Å²) < 4.78 is 0. The van der Waals surface area contributed by atoms with Gasteiger partial charge in [0.15, 0.2) is 5.82 Å². The highest BCUT2D eigenvalue weighted by atomic mass is 35.5. The van der Waals surface area contributed by atoms with Crippen molar-refractivity contribution < 1.29 is 9.59 Å². The first-order valence-corrected chi connectivity index (χ1v) is 12.4. The number of aromatic nitrogens is 2. The second-order valence-electron chi connectivity index (χ2n) is 8.82. The summed E-state index contributed by atoms with van der Waals surface area (Å²) >= 11 is 6.29. The Bertz CT molecular complexity index is 1210. The van der Waals surface area contributed by atoms with E-state index >= 15 is 0 Å². The van der Waals surface area contributed by atoms with Gasteiger partial charge >= 0.3 is 0 Å². The van der Waals surface area contributed by atoms with Crippen molar-refractivity contribution in [3.63, 3.8) is 0 Å². The summed E-state index contributed by atoms with van der Waals surface area (Å²) in [4.78, 5) is 31.6. The zero-order chi connectivity index (χ0) is 25.5. The molecule has 7 nitrogen and oxygen atoms in total. The highest BCUT2D eigenvalue weighted by Crippen LogP contribution is 2.26. The van der Waals surface area contributed by atoms with Gasteiger partial charge in [0, 0.05) is 43.9 Å². The first-order valence-electron chi connectivity index (χ1n) is 12.0. The smallest absolute Gasteiger partial charge is 0.254 e. The van der Waals surface area contributed by atoms with Crippen LogP contribution in [0.3, 0.4) is 0 Å². The van der Waals surface area contributed by atoms with Gasteiger partial charge in [-0.2, -0.15) is 0 Å². The molecule has 0 N–H and O–H groups in total. The number of aryl methyl sites for hydroxylation is 1. The first kappa shape index (κ1) is 25.4. The Morgan fingerprint density at radius 1 is 1.00 bits per heavy atom. The molecule has 1 aliphatic rings. The average Bonchev–Trinajstić information content (AvgIpc) is 3.15. The number of benzene rings is 2. The van der Waals surface area contributed by atoms with Gasteiger partial charge in [0.1, 0.15) is 6.54 Å². The Morgan fingerprint density at radius 3 is 2.47 bits per heavy atom. The van der Waals surface area contributed by atoms with E-state index in [2.05, 4.69) is 21.7 Å². The molecular formula is C28H30ClN5O2. The summed E-state index contributed by atoms with van der Waals surface area (Å²) in [7, 11) is 0. The number of hydrogen-bond donors (Lipinski definition) is 0. The normalized spacial score (nSPS) is 13.7. The molecule has 2 aromatic carbocycles. The minimum absolute atomic E-state index is 0.0189. The Hall–Kier alpha value is -3.71. The fourth-order valence-corrected chi connectivity index (χ4v) is 4.45. The SMILES string of the molecule is C=CCN(CC(=O)N1CCCN(c2ccc(-c3ccccc3Cl)nn2)CC1)C(=O)c1ccc(C)cc1. The van der Waals surface area contributed by atoms with E-state index in [9.17, 15) is 9.59 Å². The first-order chi connectivity index (χ1) is 17.5. The number of amides is 2. The third-order valence-electron chi connectivity index (χ3n) is 6.23.